The highest BCUT2D eigenvalue weighted by atomic mass is 35.5. The van der Waals surface area contributed by atoms with E-state index in [0.717, 1.165) is 5.70 Å². The molecular formula is C23H21ClF3N5OS. The number of fused-ring (bicyclic) bond motifs is 1. The molecule has 0 aliphatic carbocycles. The summed E-state index contributed by atoms with van der Waals surface area (Å²) in [6, 6.07) is 4.83. The van der Waals surface area contributed by atoms with E-state index in [9.17, 15) is 18.3 Å². The lowest BCUT2D eigenvalue weighted by Gasteiger charge is -2.32. The minimum atomic E-state index is -2.80. The van der Waals surface area contributed by atoms with Crippen LogP contribution in [0, 0.1) is 11.2 Å². The van der Waals surface area contributed by atoms with Gasteiger partial charge in [0.2, 0.25) is 0 Å². The zero-order chi connectivity index (χ0) is 24.2. The first kappa shape index (κ1) is 23.1. The predicted molar refractivity (Wildman–Crippen MR) is 124 cm³/mol. The van der Waals surface area contributed by atoms with Crippen molar-refractivity contribution in [1.29, 1.82) is 0 Å². The third-order valence-corrected chi connectivity index (χ3v) is 7.58. The molecule has 0 amide bonds. The smallest absolute Gasteiger partial charge is 0.333 e. The average molecular weight is 508 g/mol. The van der Waals surface area contributed by atoms with Gasteiger partial charge in [0, 0.05) is 51.6 Å². The standard InChI is InChI=1S/C23H21ClF3N5OS/c1-12(33)23(2)10-17-18(16-5-7-32(30-16)22(26)27)19(14-4-3-13(25)9-15(14)24)29-20(31(17)11-23)21-28-6-8-34-21/h3-9,12,19,22,33H,10-11H2,1-2H3/t12?,19-,23-/m0/s1. The van der Waals surface area contributed by atoms with Crippen LogP contribution in [0.5, 0.6) is 0 Å². The fraction of sp³-hybridized carbons (Fsp3) is 0.348. The number of aliphatic hydroxyl groups is 1. The Morgan fingerprint density at radius 1 is 1.29 bits per heavy atom. The van der Waals surface area contributed by atoms with E-state index in [0.29, 0.717) is 45.3 Å². The largest absolute Gasteiger partial charge is 0.393 e. The van der Waals surface area contributed by atoms with Crippen molar-refractivity contribution < 1.29 is 18.3 Å². The first-order valence-electron chi connectivity index (χ1n) is 10.6. The lowest BCUT2D eigenvalue weighted by molar-refractivity contribution is 0.0564. The Labute approximate surface area is 203 Å². The number of aromatic nitrogens is 3. The predicted octanol–water partition coefficient (Wildman–Crippen LogP) is 5.53. The summed E-state index contributed by atoms with van der Waals surface area (Å²) in [5, 5.41) is 17.4. The summed E-state index contributed by atoms with van der Waals surface area (Å²) in [6.45, 7) is 1.37. The lowest BCUT2D eigenvalue weighted by Crippen LogP contribution is -2.37. The Morgan fingerprint density at radius 3 is 2.71 bits per heavy atom. The number of thiazole rings is 1. The van der Waals surface area contributed by atoms with E-state index in [1.165, 1.54) is 35.7 Å². The molecule has 2 aromatic heterocycles. The maximum atomic E-state index is 13.9. The van der Waals surface area contributed by atoms with Gasteiger partial charge in [0.05, 0.1) is 11.8 Å². The van der Waals surface area contributed by atoms with E-state index >= 15 is 0 Å². The van der Waals surface area contributed by atoms with Gasteiger partial charge >= 0.3 is 6.55 Å². The Kier molecular flexibility index (Phi) is 5.78. The third kappa shape index (κ3) is 3.83. The molecule has 3 atom stereocenters. The van der Waals surface area contributed by atoms with Crippen LogP contribution in [-0.2, 0) is 0 Å². The number of rotatable bonds is 5. The molecule has 6 nitrogen and oxygen atoms in total. The number of aliphatic hydroxyl groups excluding tert-OH is 1. The van der Waals surface area contributed by atoms with Gasteiger partial charge in [0.25, 0.3) is 0 Å². The van der Waals surface area contributed by atoms with Crippen molar-refractivity contribution in [2.24, 2.45) is 10.4 Å². The van der Waals surface area contributed by atoms with Gasteiger partial charge in [-0.15, -0.1) is 11.3 Å². The minimum absolute atomic E-state index is 0.170. The monoisotopic (exact) mass is 507 g/mol. The van der Waals surface area contributed by atoms with E-state index in [1.807, 2.05) is 17.2 Å². The van der Waals surface area contributed by atoms with E-state index < -0.39 is 29.9 Å². The number of hydrogen-bond acceptors (Lipinski definition) is 6. The number of allylic oxidation sites excluding steroid dienone is 1. The number of halogens is 4. The van der Waals surface area contributed by atoms with Crippen molar-refractivity contribution in [3.63, 3.8) is 0 Å². The second-order valence-electron chi connectivity index (χ2n) is 8.77. The van der Waals surface area contributed by atoms with Crippen LogP contribution in [-0.4, -0.2) is 43.3 Å². The highest BCUT2D eigenvalue weighted by Crippen LogP contribution is 2.51. The molecule has 2 aliphatic heterocycles. The molecule has 0 bridgehead atoms. The maximum absolute atomic E-state index is 13.9. The van der Waals surface area contributed by atoms with Crippen molar-refractivity contribution >= 4 is 34.3 Å². The van der Waals surface area contributed by atoms with Gasteiger partial charge in [0.1, 0.15) is 11.9 Å². The van der Waals surface area contributed by atoms with Gasteiger partial charge < -0.3 is 10.0 Å². The van der Waals surface area contributed by atoms with Crippen LogP contribution < -0.4 is 0 Å². The second-order valence-corrected chi connectivity index (χ2v) is 10.1. The molecule has 1 fully saturated rings. The quantitative estimate of drug-likeness (QED) is 0.493. The van der Waals surface area contributed by atoms with Crippen molar-refractivity contribution in [3.8, 4) is 0 Å². The summed E-state index contributed by atoms with van der Waals surface area (Å²) in [7, 11) is 0. The Morgan fingerprint density at radius 2 is 2.09 bits per heavy atom. The van der Waals surface area contributed by atoms with Crippen molar-refractivity contribution in [1.82, 2.24) is 19.7 Å². The molecular weight excluding hydrogens is 487 g/mol. The number of alkyl halides is 2. The summed E-state index contributed by atoms with van der Waals surface area (Å²) < 4.78 is 41.2. The number of benzene rings is 1. The Bertz CT molecular complexity index is 1290. The van der Waals surface area contributed by atoms with Crippen LogP contribution in [0.4, 0.5) is 13.2 Å². The molecule has 2 aliphatic rings. The molecule has 0 spiro atoms. The molecule has 178 valence electrons. The molecule has 0 radical (unpaired) electrons. The van der Waals surface area contributed by atoms with Gasteiger partial charge in [0.15, 0.2) is 10.8 Å². The van der Waals surface area contributed by atoms with E-state index in [4.69, 9.17) is 16.6 Å². The van der Waals surface area contributed by atoms with E-state index in [1.54, 1.807) is 19.2 Å². The number of amidine groups is 1. The van der Waals surface area contributed by atoms with Crippen LogP contribution in [0.3, 0.4) is 0 Å². The third-order valence-electron chi connectivity index (χ3n) is 6.48. The van der Waals surface area contributed by atoms with Crippen molar-refractivity contribution in [3.05, 3.63) is 74.8 Å². The Hall–Kier alpha value is -2.69. The van der Waals surface area contributed by atoms with Crippen LogP contribution >= 0.6 is 22.9 Å². The van der Waals surface area contributed by atoms with Gasteiger partial charge in [-0.05, 0) is 31.5 Å². The molecule has 3 aromatic rings. The molecule has 1 unspecified atom stereocenters. The molecule has 4 heterocycles. The molecule has 11 heteroatoms. The molecule has 5 rings (SSSR count). The molecule has 1 saturated heterocycles. The topological polar surface area (TPSA) is 66.5 Å². The number of aliphatic imine (C=N–C) groups is 1. The SMILES string of the molecule is CC(O)[C@@]1(C)CC2=C(c3ccn(C(F)F)n3)[C@H](c3ccc(F)cc3Cl)N=C(c3nccs3)N2C1. The average Bonchev–Trinajstić information content (AvgIpc) is 3.52. The molecule has 1 aromatic carbocycles. The highest BCUT2D eigenvalue weighted by molar-refractivity contribution is 7.11. The van der Waals surface area contributed by atoms with Gasteiger partial charge in [-0.3, -0.25) is 4.99 Å². The lowest BCUT2D eigenvalue weighted by atomic mass is 9.82. The summed E-state index contributed by atoms with van der Waals surface area (Å²) in [5.74, 6) is 0.103. The number of nitrogens with zero attached hydrogens (tertiary/aromatic N) is 5. The molecule has 1 N–H and O–H groups in total. The fourth-order valence-corrected chi connectivity index (χ4v) is 5.37. The normalized spacial score (nSPS) is 23.5. The zero-order valence-corrected chi connectivity index (χ0v) is 19.9. The van der Waals surface area contributed by atoms with Gasteiger partial charge in [-0.25, -0.2) is 14.1 Å². The summed E-state index contributed by atoms with van der Waals surface area (Å²) in [4.78, 5) is 11.4. The van der Waals surface area contributed by atoms with E-state index in [2.05, 4.69) is 10.1 Å². The van der Waals surface area contributed by atoms with Crippen LogP contribution in [0.15, 0.2) is 52.7 Å². The van der Waals surface area contributed by atoms with Gasteiger partial charge in [-0.2, -0.15) is 13.9 Å². The van der Waals surface area contributed by atoms with Crippen LogP contribution in [0.1, 0.15) is 49.1 Å². The highest BCUT2D eigenvalue weighted by Gasteiger charge is 2.47. The maximum Gasteiger partial charge on any atom is 0.333 e. The first-order valence-corrected chi connectivity index (χ1v) is 11.9. The minimum Gasteiger partial charge on any atom is -0.393 e. The second kappa shape index (κ2) is 8.51. The summed E-state index contributed by atoms with van der Waals surface area (Å²) >= 11 is 7.86. The fourth-order valence-electron chi connectivity index (χ4n) is 4.46. The van der Waals surface area contributed by atoms with Gasteiger partial charge in [-0.1, -0.05) is 24.6 Å². The van der Waals surface area contributed by atoms with Crippen molar-refractivity contribution in [2.75, 3.05) is 6.54 Å². The van der Waals surface area contributed by atoms with Crippen molar-refractivity contribution in [2.45, 2.75) is 39.0 Å². The Balaban J connectivity index is 1.76. The first-order chi connectivity index (χ1) is 16.2. The zero-order valence-electron chi connectivity index (χ0n) is 18.3. The van der Waals surface area contributed by atoms with Crippen LogP contribution in [0.2, 0.25) is 5.02 Å². The number of hydrogen-bond donors (Lipinski definition) is 1. The molecule has 34 heavy (non-hydrogen) atoms. The van der Waals surface area contributed by atoms with E-state index in [-0.39, 0.29) is 5.02 Å². The molecule has 0 saturated carbocycles. The summed E-state index contributed by atoms with van der Waals surface area (Å²) in [6.07, 6.45) is 2.71. The van der Waals surface area contributed by atoms with Crippen LogP contribution in [0.25, 0.3) is 5.57 Å². The summed E-state index contributed by atoms with van der Waals surface area (Å²) in [5.41, 5.74) is 1.72.